The maximum Gasteiger partial charge on any atom is 0.320 e. The first-order valence-corrected chi connectivity index (χ1v) is 7.73. The van der Waals surface area contributed by atoms with E-state index in [-0.39, 0.29) is 11.0 Å². The van der Waals surface area contributed by atoms with Crippen molar-refractivity contribution in [2.45, 2.75) is 13.5 Å². The van der Waals surface area contributed by atoms with Crippen molar-refractivity contribution in [2.75, 3.05) is 5.32 Å². The molecule has 2 aromatic heterocycles. The van der Waals surface area contributed by atoms with Crippen molar-refractivity contribution in [3.05, 3.63) is 53.5 Å². The van der Waals surface area contributed by atoms with Crippen LogP contribution in [-0.2, 0) is 0 Å². The molecule has 0 aliphatic rings. The maximum absolute atomic E-state index is 13.6. The van der Waals surface area contributed by atoms with Gasteiger partial charge in [-0.25, -0.2) is 18.7 Å². The van der Waals surface area contributed by atoms with Gasteiger partial charge in [0.05, 0.1) is 16.1 Å². The van der Waals surface area contributed by atoms with Gasteiger partial charge in [-0.1, -0.05) is 11.3 Å². The number of aromatic nitrogens is 3. The topological polar surface area (TPSA) is 59.8 Å². The number of carbonyl (C=O) groups excluding carboxylic acids is 1. The number of carbonyl (C=O) groups is 1. The number of halogens is 4. The lowest BCUT2D eigenvalue weighted by atomic mass is 10.2. The lowest BCUT2D eigenvalue weighted by molar-refractivity contribution is 0.0720. The molecule has 0 saturated heterocycles. The highest BCUT2D eigenvalue weighted by Crippen LogP contribution is 2.33. The number of nitrogens with zero attached hydrogens (tertiary/aromatic N) is 3. The first kappa shape index (κ1) is 17.1. The van der Waals surface area contributed by atoms with Crippen LogP contribution in [-0.4, -0.2) is 20.4 Å². The molecule has 25 heavy (non-hydrogen) atoms. The number of alkyl halides is 2. The second-order valence-electron chi connectivity index (χ2n) is 4.95. The van der Waals surface area contributed by atoms with Gasteiger partial charge in [-0.15, -0.1) is 0 Å². The molecule has 1 amide bonds. The quantitative estimate of drug-likeness (QED) is 0.699. The Balaban J connectivity index is 1.89. The van der Waals surface area contributed by atoms with E-state index in [1.54, 1.807) is 6.92 Å². The molecule has 0 aliphatic carbocycles. The Kier molecular flexibility index (Phi) is 4.53. The van der Waals surface area contributed by atoms with Crippen LogP contribution in [0.5, 0.6) is 0 Å². The highest BCUT2D eigenvalue weighted by molar-refractivity contribution is 7.19. The zero-order valence-corrected chi connectivity index (χ0v) is 13.5. The zero-order valence-electron chi connectivity index (χ0n) is 12.6. The molecule has 1 N–H and O–H groups in total. The fourth-order valence-corrected chi connectivity index (χ4v) is 3.10. The summed E-state index contributed by atoms with van der Waals surface area (Å²) < 4.78 is 53.4. The molecule has 0 unspecified atom stereocenters. The predicted octanol–water partition coefficient (Wildman–Crippen LogP) is 4.24. The number of rotatable bonds is 4. The molecule has 0 radical (unpaired) electrons. The SMILES string of the molecule is Cc1nc(NC(=O)c2cc(F)ccc2F)sc1-c1nccn1C(F)F. The van der Waals surface area contributed by atoms with Crippen molar-refractivity contribution in [1.82, 2.24) is 14.5 Å². The van der Waals surface area contributed by atoms with E-state index in [0.717, 1.165) is 35.7 Å². The summed E-state index contributed by atoms with van der Waals surface area (Å²) in [6, 6.07) is 2.49. The van der Waals surface area contributed by atoms with Crippen molar-refractivity contribution < 1.29 is 22.4 Å². The average Bonchev–Trinajstić information content (AvgIpc) is 3.16. The smallest absolute Gasteiger partial charge is 0.298 e. The molecule has 10 heteroatoms. The summed E-state index contributed by atoms with van der Waals surface area (Å²) in [4.78, 5) is 20.3. The first-order chi connectivity index (χ1) is 11.9. The van der Waals surface area contributed by atoms with E-state index in [1.807, 2.05) is 0 Å². The Morgan fingerprint density at radius 3 is 2.80 bits per heavy atom. The van der Waals surface area contributed by atoms with Gasteiger partial charge in [0.1, 0.15) is 11.6 Å². The summed E-state index contributed by atoms with van der Waals surface area (Å²) in [5.74, 6) is -2.54. The van der Waals surface area contributed by atoms with E-state index in [2.05, 4.69) is 15.3 Å². The molecule has 0 spiro atoms. The van der Waals surface area contributed by atoms with Crippen LogP contribution in [0.3, 0.4) is 0 Å². The molecule has 1 aromatic carbocycles. The van der Waals surface area contributed by atoms with E-state index in [9.17, 15) is 22.4 Å². The van der Waals surface area contributed by atoms with Crippen LogP contribution >= 0.6 is 11.3 Å². The molecule has 2 heterocycles. The second kappa shape index (κ2) is 6.63. The maximum atomic E-state index is 13.6. The summed E-state index contributed by atoms with van der Waals surface area (Å²) in [5.41, 5.74) is -0.114. The Bertz CT molecular complexity index is 938. The van der Waals surface area contributed by atoms with Gasteiger partial charge < -0.3 is 0 Å². The fourth-order valence-electron chi connectivity index (χ4n) is 2.14. The van der Waals surface area contributed by atoms with Gasteiger partial charge in [0.15, 0.2) is 11.0 Å². The van der Waals surface area contributed by atoms with Crippen molar-refractivity contribution in [3.8, 4) is 10.7 Å². The van der Waals surface area contributed by atoms with E-state index in [4.69, 9.17) is 0 Å². The average molecular weight is 370 g/mol. The van der Waals surface area contributed by atoms with Crippen LogP contribution in [0.4, 0.5) is 22.7 Å². The lowest BCUT2D eigenvalue weighted by Gasteiger charge is -2.04. The number of aryl methyl sites for hydroxylation is 1. The van der Waals surface area contributed by atoms with Gasteiger partial charge in [-0.05, 0) is 25.1 Å². The minimum atomic E-state index is -2.78. The van der Waals surface area contributed by atoms with Gasteiger partial charge >= 0.3 is 6.55 Å². The summed E-state index contributed by atoms with van der Waals surface area (Å²) in [6.07, 6.45) is 2.35. The number of hydrogen-bond donors (Lipinski definition) is 1. The molecule has 3 aromatic rings. The third kappa shape index (κ3) is 3.38. The van der Waals surface area contributed by atoms with Crippen LogP contribution < -0.4 is 5.32 Å². The van der Waals surface area contributed by atoms with Gasteiger partial charge in [0.25, 0.3) is 5.91 Å². The van der Waals surface area contributed by atoms with Gasteiger partial charge in [-0.2, -0.15) is 8.78 Å². The number of anilines is 1. The molecular weight excluding hydrogens is 360 g/mol. The van der Waals surface area contributed by atoms with E-state index < -0.39 is 29.7 Å². The van der Waals surface area contributed by atoms with Gasteiger partial charge in [-0.3, -0.25) is 14.7 Å². The minimum absolute atomic E-state index is 0.00225. The van der Waals surface area contributed by atoms with Crippen LogP contribution in [0.1, 0.15) is 22.6 Å². The second-order valence-corrected chi connectivity index (χ2v) is 5.95. The Hall–Kier alpha value is -2.75. The third-order valence-electron chi connectivity index (χ3n) is 3.27. The Labute approximate surface area is 143 Å². The van der Waals surface area contributed by atoms with E-state index in [1.165, 1.54) is 6.20 Å². The molecule has 0 aliphatic heterocycles. The highest BCUT2D eigenvalue weighted by Gasteiger charge is 2.20. The highest BCUT2D eigenvalue weighted by atomic mass is 32.1. The summed E-state index contributed by atoms with van der Waals surface area (Å²) >= 11 is 0.906. The molecule has 0 atom stereocenters. The van der Waals surface area contributed by atoms with Crippen molar-refractivity contribution in [2.24, 2.45) is 0 Å². The standard InChI is InChI=1S/C15H10F4N4OS/c1-7-11(12-20-4-5-23(12)14(18)19)25-15(21-7)22-13(24)9-6-8(16)2-3-10(9)17/h2-6,14H,1H3,(H,21,22,24). The summed E-state index contributed by atoms with van der Waals surface area (Å²) in [7, 11) is 0. The molecule has 0 bridgehead atoms. The van der Waals surface area contributed by atoms with Crippen LogP contribution in [0.2, 0.25) is 0 Å². The van der Waals surface area contributed by atoms with Crippen molar-refractivity contribution in [3.63, 3.8) is 0 Å². The van der Waals surface area contributed by atoms with Gasteiger partial charge in [0, 0.05) is 12.4 Å². The van der Waals surface area contributed by atoms with Crippen molar-refractivity contribution >= 4 is 22.4 Å². The normalized spacial score (nSPS) is 11.1. The Morgan fingerprint density at radius 2 is 2.08 bits per heavy atom. The summed E-state index contributed by atoms with van der Waals surface area (Å²) in [5, 5.41) is 2.40. The number of hydrogen-bond acceptors (Lipinski definition) is 4. The van der Waals surface area contributed by atoms with Crippen LogP contribution in [0, 0.1) is 18.6 Å². The number of benzene rings is 1. The largest absolute Gasteiger partial charge is 0.320 e. The number of amides is 1. The number of nitrogens with one attached hydrogen (secondary N) is 1. The minimum Gasteiger partial charge on any atom is -0.298 e. The molecular formula is C15H10F4N4OS. The molecule has 5 nitrogen and oxygen atoms in total. The summed E-state index contributed by atoms with van der Waals surface area (Å²) in [6.45, 7) is -1.21. The molecule has 0 saturated carbocycles. The molecule has 0 fully saturated rings. The fraction of sp³-hybridized carbons (Fsp3) is 0.133. The van der Waals surface area contributed by atoms with Crippen LogP contribution in [0.25, 0.3) is 10.7 Å². The van der Waals surface area contributed by atoms with Gasteiger partial charge in [0.2, 0.25) is 0 Å². The number of imidazole rings is 1. The van der Waals surface area contributed by atoms with E-state index in [0.29, 0.717) is 15.1 Å². The number of thiazole rings is 1. The first-order valence-electron chi connectivity index (χ1n) is 6.92. The lowest BCUT2D eigenvalue weighted by Crippen LogP contribution is -2.13. The van der Waals surface area contributed by atoms with Crippen LogP contribution in [0.15, 0.2) is 30.6 Å². The van der Waals surface area contributed by atoms with E-state index >= 15 is 0 Å². The molecule has 3 rings (SSSR count). The predicted molar refractivity (Wildman–Crippen MR) is 83.6 cm³/mol. The molecule has 130 valence electrons. The monoisotopic (exact) mass is 370 g/mol. The van der Waals surface area contributed by atoms with Crippen molar-refractivity contribution in [1.29, 1.82) is 0 Å². The third-order valence-corrected chi connectivity index (χ3v) is 4.34. The Morgan fingerprint density at radius 1 is 1.32 bits per heavy atom. The zero-order chi connectivity index (χ0) is 18.1.